The van der Waals surface area contributed by atoms with Gasteiger partial charge >= 0.3 is 5.97 Å². The van der Waals surface area contributed by atoms with Gasteiger partial charge < -0.3 is 15.5 Å². The highest BCUT2D eigenvalue weighted by atomic mass is 16.4. The van der Waals surface area contributed by atoms with Gasteiger partial charge in [0.2, 0.25) is 0 Å². The van der Waals surface area contributed by atoms with Crippen LogP contribution in [-0.2, 0) is 6.61 Å². The number of hydrogen-bond acceptors (Lipinski definition) is 3. The van der Waals surface area contributed by atoms with Gasteiger partial charge in [0.1, 0.15) is 0 Å². The van der Waals surface area contributed by atoms with Crippen LogP contribution < -0.4 is 5.32 Å². The summed E-state index contributed by atoms with van der Waals surface area (Å²) in [6.45, 7) is 5.98. The van der Waals surface area contributed by atoms with Crippen molar-refractivity contribution in [3.05, 3.63) is 101 Å². The fourth-order valence-corrected chi connectivity index (χ4v) is 3.98. The van der Waals surface area contributed by atoms with E-state index in [0.717, 1.165) is 27.9 Å². The van der Waals surface area contributed by atoms with Crippen LogP contribution in [0.25, 0.3) is 21.9 Å². The first-order chi connectivity index (χ1) is 15.3. The summed E-state index contributed by atoms with van der Waals surface area (Å²) in [4.78, 5) is 10.8. The number of anilines is 1. The number of carboxylic acid groups (broad SMARTS) is 1. The van der Waals surface area contributed by atoms with Crippen LogP contribution in [0.1, 0.15) is 32.6 Å². The van der Waals surface area contributed by atoms with Crippen LogP contribution in [0.5, 0.6) is 0 Å². The molecule has 0 aliphatic heterocycles. The van der Waals surface area contributed by atoms with Crippen LogP contribution in [-0.4, -0.2) is 23.2 Å². The Balaban J connectivity index is 0.000000195. The number of aliphatic hydroxyl groups excluding tert-OH is 1. The molecule has 0 heterocycles. The molecule has 0 saturated carbocycles. The third-order valence-electron chi connectivity index (χ3n) is 5.67. The van der Waals surface area contributed by atoms with Crippen molar-refractivity contribution in [2.24, 2.45) is 0 Å². The summed E-state index contributed by atoms with van der Waals surface area (Å²) in [6.07, 6.45) is 0. The average molecular weight is 428 g/mol. The number of benzene rings is 4. The van der Waals surface area contributed by atoms with E-state index in [-0.39, 0.29) is 6.61 Å². The molecule has 0 aromatic heterocycles. The molecule has 0 saturated heterocycles. The Hall–Kier alpha value is -3.63. The topological polar surface area (TPSA) is 69.6 Å². The van der Waals surface area contributed by atoms with Crippen molar-refractivity contribution in [3.8, 4) is 11.1 Å². The van der Waals surface area contributed by atoms with Crippen molar-refractivity contribution in [2.45, 2.75) is 27.4 Å². The molecule has 0 aliphatic rings. The van der Waals surface area contributed by atoms with Gasteiger partial charge in [-0.05, 0) is 83.1 Å². The standard InChI is InChI=1S/C18H16O.C10H13NO2/c1-13-9-17(11-16-6-2-3-8-18(13)16)15-7-4-5-14(10-15)12-19;1-6-4-5-8(10(12)13)7(2)9(6)11-3/h2-11,19H,12H2,1H3;4-5,11H,1-3H3,(H,12,13). The molecule has 4 aromatic carbocycles. The van der Waals surface area contributed by atoms with Crippen molar-refractivity contribution in [1.82, 2.24) is 0 Å². The number of nitrogens with one attached hydrogen (secondary N) is 1. The van der Waals surface area contributed by atoms with Gasteiger partial charge in [0.25, 0.3) is 0 Å². The minimum atomic E-state index is -0.881. The highest BCUT2D eigenvalue weighted by Gasteiger charge is 2.11. The molecule has 0 fully saturated rings. The number of aromatic carboxylic acids is 1. The molecule has 164 valence electrons. The maximum Gasteiger partial charge on any atom is 0.336 e. The van der Waals surface area contributed by atoms with Gasteiger partial charge in [-0.1, -0.05) is 54.6 Å². The first kappa shape index (κ1) is 23.0. The lowest BCUT2D eigenvalue weighted by atomic mass is 9.97. The molecule has 4 nitrogen and oxygen atoms in total. The second-order valence-corrected chi connectivity index (χ2v) is 7.86. The van der Waals surface area contributed by atoms with Crippen LogP contribution in [0.3, 0.4) is 0 Å². The summed E-state index contributed by atoms with van der Waals surface area (Å²) in [7, 11) is 1.79. The summed E-state index contributed by atoms with van der Waals surface area (Å²) in [6, 6.07) is 24.3. The molecule has 0 spiro atoms. The van der Waals surface area contributed by atoms with E-state index in [1.165, 1.54) is 21.9 Å². The van der Waals surface area contributed by atoms with Gasteiger partial charge in [-0.3, -0.25) is 0 Å². The Morgan fingerprint density at radius 1 is 0.844 bits per heavy atom. The fourth-order valence-electron chi connectivity index (χ4n) is 3.98. The first-order valence-corrected chi connectivity index (χ1v) is 10.6. The molecule has 4 aromatic rings. The SMILES string of the molecule is CNc1c(C)ccc(C(=O)O)c1C.Cc1cc(-c2cccc(CO)c2)cc2ccccc12. The van der Waals surface area contributed by atoms with Gasteiger partial charge in [-0.2, -0.15) is 0 Å². The predicted octanol–water partition coefficient (Wildman–Crippen LogP) is 6.35. The molecule has 32 heavy (non-hydrogen) atoms. The van der Waals surface area contributed by atoms with Crippen LogP contribution in [0.2, 0.25) is 0 Å². The molecule has 0 amide bonds. The smallest absolute Gasteiger partial charge is 0.336 e. The molecular weight excluding hydrogens is 398 g/mol. The van der Waals surface area contributed by atoms with Gasteiger partial charge in [-0.25, -0.2) is 4.79 Å². The van der Waals surface area contributed by atoms with Crippen LogP contribution in [0.15, 0.2) is 72.8 Å². The van der Waals surface area contributed by atoms with E-state index >= 15 is 0 Å². The van der Waals surface area contributed by atoms with Crippen molar-refractivity contribution in [1.29, 1.82) is 0 Å². The molecule has 0 bridgehead atoms. The number of aryl methyl sites for hydroxylation is 2. The second-order valence-electron chi connectivity index (χ2n) is 7.86. The Bertz CT molecular complexity index is 1260. The lowest BCUT2D eigenvalue weighted by molar-refractivity contribution is 0.0696. The molecular formula is C28H29NO3. The van der Waals surface area contributed by atoms with Gasteiger partial charge in [0, 0.05) is 12.7 Å². The zero-order valence-corrected chi connectivity index (χ0v) is 18.9. The van der Waals surface area contributed by atoms with Crippen LogP contribution >= 0.6 is 0 Å². The Morgan fingerprint density at radius 3 is 2.28 bits per heavy atom. The lowest BCUT2D eigenvalue weighted by Crippen LogP contribution is -2.04. The van der Waals surface area contributed by atoms with E-state index in [4.69, 9.17) is 5.11 Å². The molecule has 0 unspecified atom stereocenters. The maximum atomic E-state index is 10.8. The number of rotatable bonds is 4. The number of fused-ring (bicyclic) bond motifs is 1. The largest absolute Gasteiger partial charge is 0.478 e. The number of carbonyl (C=O) groups is 1. The number of hydrogen-bond donors (Lipinski definition) is 3. The van der Waals surface area contributed by atoms with Crippen molar-refractivity contribution in [2.75, 3.05) is 12.4 Å². The Kier molecular flexibility index (Phi) is 7.29. The second kappa shape index (κ2) is 10.1. The minimum absolute atomic E-state index is 0.0837. The van der Waals surface area contributed by atoms with E-state index in [1.54, 1.807) is 13.1 Å². The normalized spacial score (nSPS) is 10.4. The fraction of sp³-hybridized carbons (Fsp3) is 0.179. The highest BCUT2D eigenvalue weighted by Crippen LogP contribution is 2.28. The zero-order chi connectivity index (χ0) is 23.3. The molecule has 0 radical (unpaired) electrons. The first-order valence-electron chi connectivity index (χ1n) is 10.6. The summed E-state index contributed by atoms with van der Waals surface area (Å²) in [5.74, 6) is -0.881. The molecule has 0 atom stereocenters. The predicted molar refractivity (Wildman–Crippen MR) is 132 cm³/mol. The molecule has 3 N–H and O–H groups in total. The zero-order valence-electron chi connectivity index (χ0n) is 18.9. The highest BCUT2D eigenvalue weighted by molar-refractivity contribution is 5.92. The minimum Gasteiger partial charge on any atom is -0.478 e. The van der Waals surface area contributed by atoms with E-state index in [1.807, 2.05) is 38.1 Å². The third-order valence-corrected chi connectivity index (χ3v) is 5.67. The molecule has 4 rings (SSSR count). The average Bonchev–Trinajstić information content (AvgIpc) is 2.79. The molecule has 0 aliphatic carbocycles. The van der Waals surface area contributed by atoms with Gasteiger partial charge in [0.05, 0.1) is 12.2 Å². The quantitative estimate of drug-likeness (QED) is 0.355. The maximum absolute atomic E-state index is 10.8. The van der Waals surface area contributed by atoms with E-state index in [0.29, 0.717) is 5.56 Å². The Morgan fingerprint density at radius 2 is 1.59 bits per heavy atom. The van der Waals surface area contributed by atoms with Crippen molar-refractivity contribution in [3.63, 3.8) is 0 Å². The number of aliphatic hydroxyl groups is 1. The lowest BCUT2D eigenvalue weighted by Gasteiger charge is -2.10. The van der Waals surface area contributed by atoms with E-state index in [9.17, 15) is 9.90 Å². The van der Waals surface area contributed by atoms with Crippen LogP contribution in [0, 0.1) is 20.8 Å². The van der Waals surface area contributed by atoms with E-state index in [2.05, 4.69) is 54.7 Å². The van der Waals surface area contributed by atoms with Gasteiger partial charge in [0.15, 0.2) is 0 Å². The summed E-state index contributed by atoms with van der Waals surface area (Å²) in [5.41, 5.74) is 7.69. The van der Waals surface area contributed by atoms with Crippen molar-refractivity contribution < 1.29 is 15.0 Å². The Labute approximate surface area is 189 Å². The van der Waals surface area contributed by atoms with E-state index < -0.39 is 5.97 Å². The summed E-state index contributed by atoms with van der Waals surface area (Å²) in [5, 5.41) is 23.6. The summed E-state index contributed by atoms with van der Waals surface area (Å²) < 4.78 is 0. The third kappa shape index (κ3) is 4.98. The summed E-state index contributed by atoms with van der Waals surface area (Å²) >= 11 is 0. The number of carboxylic acids is 1. The monoisotopic (exact) mass is 427 g/mol. The molecule has 4 heteroatoms. The van der Waals surface area contributed by atoms with Crippen molar-refractivity contribution >= 4 is 22.4 Å². The van der Waals surface area contributed by atoms with Crippen LogP contribution in [0.4, 0.5) is 5.69 Å². The van der Waals surface area contributed by atoms with Gasteiger partial charge in [-0.15, -0.1) is 0 Å².